The molecule has 0 unspecified atom stereocenters. The van der Waals surface area contributed by atoms with Gasteiger partial charge in [-0.1, -0.05) is 24.3 Å². The van der Waals surface area contributed by atoms with Crippen molar-refractivity contribution in [3.8, 4) is 5.75 Å². The van der Waals surface area contributed by atoms with Crippen molar-refractivity contribution in [1.82, 2.24) is 4.90 Å². The molecule has 0 atom stereocenters. The van der Waals surface area contributed by atoms with Crippen LogP contribution in [0.4, 0.5) is 8.78 Å². The van der Waals surface area contributed by atoms with E-state index in [1.54, 1.807) is 6.07 Å². The lowest BCUT2D eigenvalue weighted by molar-refractivity contribution is 0.297. The molecular weight excluding hydrogens is 272 g/mol. The Morgan fingerprint density at radius 1 is 1.00 bits per heavy atom. The number of rotatable bonds is 6. The van der Waals surface area contributed by atoms with Gasteiger partial charge in [0.05, 0.1) is 6.61 Å². The monoisotopic (exact) mass is 291 g/mol. The Labute approximate surface area is 124 Å². The maximum absolute atomic E-state index is 13.2. The van der Waals surface area contributed by atoms with Crippen LogP contribution in [0.15, 0.2) is 42.5 Å². The Morgan fingerprint density at radius 3 is 2.48 bits per heavy atom. The summed E-state index contributed by atoms with van der Waals surface area (Å²) in [6, 6.07) is 11.8. The lowest BCUT2D eigenvalue weighted by atomic mass is 10.1. The highest BCUT2D eigenvalue weighted by Gasteiger charge is 2.08. The smallest absolute Gasteiger partial charge is 0.159 e. The van der Waals surface area contributed by atoms with Crippen LogP contribution in [0.1, 0.15) is 18.1 Å². The summed E-state index contributed by atoms with van der Waals surface area (Å²) >= 11 is 0. The van der Waals surface area contributed by atoms with Crippen molar-refractivity contribution in [2.24, 2.45) is 0 Å². The van der Waals surface area contributed by atoms with Crippen LogP contribution < -0.4 is 4.74 Å². The summed E-state index contributed by atoms with van der Waals surface area (Å²) in [4.78, 5) is 2.03. The molecule has 112 valence electrons. The zero-order valence-electron chi connectivity index (χ0n) is 12.3. The number of hydrogen-bond acceptors (Lipinski definition) is 2. The van der Waals surface area contributed by atoms with Crippen LogP contribution in [-0.2, 0) is 13.1 Å². The summed E-state index contributed by atoms with van der Waals surface area (Å²) < 4.78 is 31.7. The first-order chi connectivity index (χ1) is 10.1. The third-order valence-electron chi connectivity index (χ3n) is 3.15. The average molecular weight is 291 g/mol. The van der Waals surface area contributed by atoms with E-state index in [0.29, 0.717) is 19.7 Å². The van der Waals surface area contributed by atoms with Gasteiger partial charge < -0.3 is 4.74 Å². The van der Waals surface area contributed by atoms with Crippen molar-refractivity contribution in [1.29, 1.82) is 0 Å². The largest absolute Gasteiger partial charge is 0.494 e. The molecule has 2 aromatic rings. The van der Waals surface area contributed by atoms with E-state index < -0.39 is 11.6 Å². The molecule has 0 aliphatic rings. The van der Waals surface area contributed by atoms with Crippen molar-refractivity contribution in [3.63, 3.8) is 0 Å². The van der Waals surface area contributed by atoms with E-state index in [1.165, 1.54) is 6.07 Å². The molecule has 0 radical (unpaired) electrons. The van der Waals surface area contributed by atoms with Gasteiger partial charge in [-0.2, -0.15) is 0 Å². The maximum Gasteiger partial charge on any atom is 0.159 e. The molecule has 2 nitrogen and oxygen atoms in total. The summed E-state index contributed by atoms with van der Waals surface area (Å²) in [6.07, 6.45) is 0. The number of nitrogens with zero attached hydrogens (tertiary/aromatic N) is 1. The molecule has 0 aliphatic heterocycles. The summed E-state index contributed by atoms with van der Waals surface area (Å²) in [5.74, 6) is -0.768. The van der Waals surface area contributed by atoms with E-state index in [1.807, 2.05) is 43.1 Å². The number of hydrogen-bond donors (Lipinski definition) is 0. The van der Waals surface area contributed by atoms with Crippen LogP contribution in [-0.4, -0.2) is 18.6 Å². The fraction of sp³-hybridized carbons (Fsp3) is 0.294. The van der Waals surface area contributed by atoms with E-state index in [2.05, 4.69) is 0 Å². The van der Waals surface area contributed by atoms with E-state index in [0.717, 1.165) is 22.9 Å². The van der Waals surface area contributed by atoms with Crippen LogP contribution in [0.5, 0.6) is 5.75 Å². The summed E-state index contributed by atoms with van der Waals surface area (Å²) in [7, 11) is 1.93. The van der Waals surface area contributed by atoms with Gasteiger partial charge >= 0.3 is 0 Å². The molecular formula is C17H19F2NO. The van der Waals surface area contributed by atoms with Crippen LogP contribution >= 0.6 is 0 Å². The maximum atomic E-state index is 13.2. The Kier molecular flexibility index (Phi) is 5.28. The highest BCUT2D eigenvalue weighted by Crippen LogP contribution is 2.20. The minimum Gasteiger partial charge on any atom is -0.494 e. The Hall–Kier alpha value is -1.94. The van der Waals surface area contributed by atoms with E-state index >= 15 is 0 Å². The predicted octanol–water partition coefficient (Wildman–Crippen LogP) is 4.00. The van der Waals surface area contributed by atoms with Gasteiger partial charge in [0.2, 0.25) is 0 Å². The van der Waals surface area contributed by atoms with Gasteiger partial charge in [0.25, 0.3) is 0 Å². The third kappa shape index (κ3) is 4.26. The van der Waals surface area contributed by atoms with Crippen molar-refractivity contribution >= 4 is 0 Å². The molecule has 21 heavy (non-hydrogen) atoms. The lowest BCUT2D eigenvalue weighted by Gasteiger charge is -2.19. The fourth-order valence-corrected chi connectivity index (χ4v) is 2.23. The van der Waals surface area contributed by atoms with E-state index in [4.69, 9.17) is 4.74 Å². The van der Waals surface area contributed by atoms with Gasteiger partial charge in [-0.25, -0.2) is 8.78 Å². The molecule has 4 heteroatoms. The summed E-state index contributed by atoms with van der Waals surface area (Å²) in [5, 5.41) is 0. The van der Waals surface area contributed by atoms with Gasteiger partial charge in [0.1, 0.15) is 5.75 Å². The van der Waals surface area contributed by atoms with Crippen LogP contribution in [0.25, 0.3) is 0 Å². The number of benzene rings is 2. The van der Waals surface area contributed by atoms with Gasteiger partial charge in [-0.3, -0.25) is 4.90 Å². The molecule has 2 rings (SSSR count). The van der Waals surface area contributed by atoms with Crippen molar-refractivity contribution in [2.45, 2.75) is 20.0 Å². The van der Waals surface area contributed by atoms with Crippen molar-refractivity contribution in [3.05, 3.63) is 65.2 Å². The number of para-hydroxylation sites is 1. The van der Waals surface area contributed by atoms with Crippen LogP contribution in [0.3, 0.4) is 0 Å². The first-order valence-corrected chi connectivity index (χ1v) is 6.93. The van der Waals surface area contributed by atoms with Crippen molar-refractivity contribution in [2.75, 3.05) is 13.7 Å². The Morgan fingerprint density at radius 2 is 1.76 bits per heavy atom. The molecule has 0 saturated heterocycles. The topological polar surface area (TPSA) is 12.5 Å². The second kappa shape index (κ2) is 7.18. The van der Waals surface area contributed by atoms with Gasteiger partial charge in [0, 0.05) is 18.7 Å². The summed E-state index contributed by atoms with van der Waals surface area (Å²) in [6.45, 7) is 3.78. The second-order valence-electron chi connectivity index (χ2n) is 4.96. The predicted molar refractivity (Wildman–Crippen MR) is 79.1 cm³/mol. The molecule has 0 aromatic heterocycles. The highest BCUT2D eigenvalue weighted by molar-refractivity contribution is 5.33. The third-order valence-corrected chi connectivity index (χ3v) is 3.15. The highest BCUT2D eigenvalue weighted by atomic mass is 19.2. The number of halogens is 2. The standard InChI is InChI=1S/C17H19F2NO/c1-3-21-17-7-5-4-6-14(17)12-20(2)11-13-8-9-15(18)16(19)10-13/h4-10H,3,11-12H2,1-2H3. The SMILES string of the molecule is CCOc1ccccc1CN(C)Cc1ccc(F)c(F)c1. The van der Waals surface area contributed by atoms with Gasteiger partial charge in [0.15, 0.2) is 11.6 Å². The van der Waals surface area contributed by atoms with E-state index in [-0.39, 0.29) is 0 Å². The fourth-order valence-electron chi connectivity index (χ4n) is 2.23. The molecule has 0 N–H and O–H groups in total. The van der Waals surface area contributed by atoms with Gasteiger partial charge in [-0.15, -0.1) is 0 Å². The quantitative estimate of drug-likeness (QED) is 0.797. The first kappa shape index (κ1) is 15.4. The Balaban J connectivity index is 2.04. The van der Waals surface area contributed by atoms with Crippen molar-refractivity contribution < 1.29 is 13.5 Å². The second-order valence-corrected chi connectivity index (χ2v) is 4.96. The average Bonchev–Trinajstić information content (AvgIpc) is 2.45. The minimum absolute atomic E-state index is 0.539. The zero-order chi connectivity index (χ0) is 15.2. The van der Waals surface area contributed by atoms with Crippen LogP contribution in [0.2, 0.25) is 0 Å². The molecule has 0 amide bonds. The molecule has 0 spiro atoms. The molecule has 0 bridgehead atoms. The Bertz CT molecular complexity index is 601. The van der Waals surface area contributed by atoms with Gasteiger partial charge in [-0.05, 0) is 37.7 Å². The minimum atomic E-state index is -0.817. The molecule has 2 aromatic carbocycles. The van der Waals surface area contributed by atoms with E-state index in [9.17, 15) is 8.78 Å². The normalized spacial score (nSPS) is 10.9. The van der Waals surface area contributed by atoms with Crippen LogP contribution in [0, 0.1) is 11.6 Å². The molecule has 0 saturated carbocycles. The lowest BCUT2D eigenvalue weighted by Crippen LogP contribution is -2.18. The zero-order valence-corrected chi connectivity index (χ0v) is 12.3. The first-order valence-electron chi connectivity index (χ1n) is 6.93. The molecule has 0 heterocycles. The molecule has 0 fully saturated rings. The summed E-state index contributed by atoms with van der Waals surface area (Å²) in [5.41, 5.74) is 1.81. The molecule has 0 aliphatic carbocycles. The number of ether oxygens (including phenoxy) is 1.